The Kier molecular flexibility index (Phi) is 3.83. The Morgan fingerprint density at radius 3 is 3.11 bits per heavy atom. The molecule has 3 nitrogen and oxygen atoms in total. The summed E-state index contributed by atoms with van der Waals surface area (Å²) in [6.45, 7) is 2.94. The molecule has 1 fully saturated rings. The third-order valence-electron chi connectivity index (χ3n) is 3.67. The van der Waals surface area contributed by atoms with E-state index in [9.17, 15) is 0 Å². The Labute approximate surface area is 126 Å². The second-order valence-corrected chi connectivity index (χ2v) is 6.21. The fourth-order valence-electron chi connectivity index (χ4n) is 2.83. The summed E-state index contributed by atoms with van der Waals surface area (Å²) in [5, 5.41) is 0. The molecule has 3 rings (SSSR count). The van der Waals surface area contributed by atoms with Crippen molar-refractivity contribution in [3.63, 3.8) is 0 Å². The van der Waals surface area contributed by atoms with E-state index in [-0.39, 0.29) is 0 Å². The van der Waals surface area contributed by atoms with Gasteiger partial charge < -0.3 is 9.30 Å². The molecule has 1 aromatic heterocycles. The number of halogens is 2. The minimum absolute atomic E-state index is 0.301. The molecule has 1 aromatic carbocycles. The number of imidazole rings is 1. The van der Waals surface area contributed by atoms with Gasteiger partial charge in [-0.05, 0) is 38.0 Å². The van der Waals surface area contributed by atoms with Crippen LogP contribution in [0.5, 0.6) is 0 Å². The van der Waals surface area contributed by atoms with Gasteiger partial charge in [0.15, 0.2) is 0 Å². The molecular formula is C14H16BrClN2O. The van der Waals surface area contributed by atoms with Gasteiger partial charge in [0.25, 0.3) is 0 Å². The number of fused-ring (bicyclic) bond motifs is 1. The summed E-state index contributed by atoms with van der Waals surface area (Å²) in [4.78, 5) is 4.65. The Hall–Kier alpha value is -0.580. The van der Waals surface area contributed by atoms with Crippen molar-refractivity contribution in [2.24, 2.45) is 0 Å². The lowest BCUT2D eigenvalue weighted by Crippen LogP contribution is -2.26. The Morgan fingerprint density at radius 2 is 2.37 bits per heavy atom. The van der Waals surface area contributed by atoms with E-state index >= 15 is 0 Å². The van der Waals surface area contributed by atoms with Gasteiger partial charge in [-0.1, -0.05) is 15.9 Å². The molecule has 2 aromatic rings. The molecule has 19 heavy (non-hydrogen) atoms. The van der Waals surface area contributed by atoms with Crippen molar-refractivity contribution >= 4 is 38.6 Å². The van der Waals surface area contributed by atoms with Gasteiger partial charge in [-0.15, -0.1) is 11.6 Å². The summed E-state index contributed by atoms with van der Waals surface area (Å²) >= 11 is 9.56. The highest BCUT2D eigenvalue weighted by molar-refractivity contribution is 9.10. The fraction of sp³-hybridized carbons (Fsp3) is 0.500. The van der Waals surface area contributed by atoms with Crippen molar-refractivity contribution in [2.75, 3.05) is 6.61 Å². The van der Waals surface area contributed by atoms with Crippen LogP contribution in [0.2, 0.25) is 0 Å². The van der Waals surface area contributed by atoms with E-state index in [4.69, 9.17) is 16.3 Å². The molecule has 2 atom stereocenters. The van der Waals surface area contributed by atoms with Gasteiger partial charge in [-0.3, -0.25) is 0 Å². The van der Waals surface area contributed by atoms with Crippen LogP contribution in [-0.2, 0) is 10.6 Å². The van der Waals surface area contributed by atoms with Crippen LogP contribution < -0.4 is 0 Å². The summed E-state index contributed by atoms with van der Waals surface area (Å²) in [5.41, 5.74) is 2.17. The molecular weight excluding hydrogens is 328 g/mol. The van der Waals surface area contributed by atoms with E-state index in [1.54, 1.807) is 0 Å². The van der Waals surface area contributed by atoms with Crippen molar-refractivity contribution in [3.05, 3.63) is 28.5 Å². The lowest BCUT2D eigenvalue weighted by atomic mass is 10.0. The second-order valence-electron chi connectivity index (χ2n) is 5.02. The second kappa shape index (κ2) is 5.43. The predicted octanol–water partition coefficient (Wildman–Crippen LogP) is 4.28. The quantitative estimate of drug-likeness (QED) is 0.761. The highest BCUT2D eigenvalue weighted by Gasteiger charge is 2.24. The molecule has 1 aliphatic heterocycles. The van der Waals surface area contributed by atoms with Crippen molar-refractivity contribution in [1.82, 2.24) is 9.55 Å². The van der Waals surface area contributed by atoms with E-state index in [1.807, 2.05) is 6.07 Å². The molecule has 102 valence electrons. The third-order valence-corrected chi connectivity index (χ3v) is 4.40. The maximum Gasteiger partial charge on any atom is 0.125 e. The standard InChI is InChI=1S/C14H16BrClN2O/c1-9-6-11(4-5-19-9)18-13-3-2-10(15)7-12(13)17-14(18)8-16/h2-3,7,9,11H,4-6,8H2,1H3. The monoisotopic (exact) mass is 342 g/mol. The average molecular weight is 344 g/mol. The van der Waals surface area contributed by atoms with Crippen LogP contribution in [0.4, 0.5) is 0 Å². The molecule has 0 aliphatic carbocycles. The Balaban J connectivity index is 2.10. The predicted molar refractivity (Wildman–Crippen MR) is 80.7 cm³/mol. The molecule has 0 bridgehead atoms. The molecule has 0 N–H and O–H groups in total. The number of hydrogen-bond donors (Lipinski definition) is 0. The molecule has 0 saturated carbocycles. The van der Waals surface area contributed by atoms with Gasteiger partial charge in [0, 0.05) is 17.1 Å². The molecule has 0 radical (unpaired) electrons. The van der Waals surface area contributed by atoms with Gasteiger partial charge in [-0.2, -0.15) is 0 Å². The van der Waals surface area contributed by atoms with Crippen LogP contribution in [-0.4, -0.2) is 22.3 Å². The first-order valence-corrected chi connectivity index (χ1v) is 7.85. The fourth-order valence-corrected chi connectivity index (χ4v) is 3.37. The van der Waals surface area contributed by atoms with Crippen LogP contribution >= 0.6 is 27.5 Å². The van der Waals surface area contributed by atoms with E-state index in [1.165, 1.54) is 0 Å². The first-order valence-electron chi connectivity index (χ1n) is 6.53. The first-order chi connectivity index (χ1) is 9.19. The third kappa shape index (κ3) is 2.54. The van der Waals surface area contributed by atoms with Crippen LogP contribution in [0, 0.1) is 0 Å². The van der Waals surface area contributed by atoms with E-state index in [0.29, 0.717) is 18.0 Å². The minimum atomic E-state index is 0.301. The number of rotatable bonds is 2. The van der Waals surface area contributed by atoms with Crippen LogP contribution in [0.25, 0.3) is 11.0 Å². The molecule has 0 amide bonds. The smallest absolute Gasteiger partial charge is 0.125 e. The molecule has 5 heteroatoms. The van der Waals surface area contributed by atoms with Crippen LogP contribution in [0.15, 0.2) is 22.7 Å². The molecule has 1 aliphatic rings. The number of hydrogen-bond acceptors (Lipinski definition) is 2. The van der Waals surface area contributed by atoms with E-state index in [2.05, 4.69) is 44.5 Å². The zero-order valence-corrected chi connectivity index (χ0v) is 13.1. The number of nitrogens with zero attached hydrogens (tertiary/aromatic N) is 2. The number of aromatic nitrogens is 2. The molecule has 2 unspecified atom stereocenters. The van der Waals surface area contributed by atoms with Gasteiger partial charge in [0.05, 0.1) is 23.0 Å². The summed E-state index contributed by atoms with van der Waals surface area (Å²) in [5.74, 6) is 1.40. The SMILES string of the molecule is CC1CC(n2c(CCl)nc3cc(Br)ccc32)CCO1. The van der Waals surface area contributed by atoms with Gasteiger partial charge >= 0.3 is 0 Å². The number of ether oxygens (including phenoxy) is 1. The zero-order valence-electron chi connectivity index (χ0n) is 10.8. The average Bonchev–Trinajstić information content (AvgIpc) is 2.76. The van der Waals surface area contributed by atoms with Crippen LogP contribution in [0.1, 0.15) is 31.6 Å². The summed E-state index contributed by atoms with van der Waals surface area (Å²) in [6, 6.07) is 6.65. The summed E-state index contributed by atoms with van der Waals surface area (Å²) in [6.07, 6.45) is 2.34. The lowest BCUT2D eigenvalue weighted by molar-refractivity contribution is 0.00633. The van der Waals surface area contributed by atoms with Crippen molar-refractivity contribution in [2.45, 2.75) is 37.8 Å². The number of benzene rings is 1. The maximum atomic E-state index is 6.07. The molecule has 1 saturated heterocycles. The van der Waals surface area contributed by atoms with Gasteiger partial charge in [-0.25, -0.2) is 4.98 Å². The topological polar surface area (TPSA) is 27.1 Å². The Morgan fingerprint density at radius 1 is 1.53 bits per heavy atom. The normalized spacial score (nSPS) is 23.9. The van der Waals surface area contributed by atoms with Crippen molar-refractivity contribution in [1.29, 1.82) is 0 Å². The van der Waals surface area contributed by atoms with E-state index in [0.717, 1.165) is 40.8 Å². The summed E-state index contributed by atoms with van der Waals surface area (Å²) < 4.78 is 8.98. The highest BCUT2D eigenvalue weighted by Crippen LogP contribution is 2.31. The van der Waals surface area contributed by atoms with Gasteiger partial charge in [0.2, 0.25) is 0 Å². The minimum Gasteiger partial charge on any atom is -0.378 e. The van der Waals surface area contributed by atoms with Crippen LogP contribution in [0.3, 0.4) is 0 Å². The number of alkyl halides is 1. The van der Waals surface area contributed by atoms with Gasteiger partial charge in [0.1, 0.15) is 5.82 Å². The van der Waals surface area contributed by atoms with Crippen molar-refractivity contribution < 1.29 is 4.74 Å². The molecule has 2 heterocycles. The zero-order chi connectivity index (χ0) is 13.4. The maximum absolute atomic E-state index is 6.07. The van der Waals surface area contributed by atoms with E-state index < -0.39 is 0 Å². The largest absolute Gasteiger partial charge is 0.378 e. The van der Waals surface area contributed by atoms with Crippen molar-refractivity contribution in [3.8, 4) is 0 Å². The Bertz CT molecular complexity index is 598. The first kappa shape index (κ1) is 13.4. The highest BCUT2D eigenvalue weighted by atomic mass is 79.9. The lowest BCUT2D eigenvalue weighted by Gasteiger charge is -2.29. The molecule has 0 spiro atoms. The summed E-state index contributed by atoms with van der Waals surface area (Å²) in [7, 11) is 0.